The molecule has 0 aromatic heterocycles. The van der Waals surface area contributed by atoms with E-state index in [0.717, 1.165) is 16.7 Å². The van der Waals surface area contributed by atoms with Gasteiger partial charge in [-0.05, 0) is 58.6 Å². The number of halogens is 3. The Kier molecular flexibility index (Phi) is 4.77. The minimum atomic E-state index is 0.535. The summed E-state index contributed by atoms with van der Waals surface area (Å²) in [6.07, 6.45) is 0. The fraction of sp³-hybridized carbons (Fsp3) is 0.200. The Bertz CT molecular complexity index is 611. The molecule has 0 bridgehead atoms. The average molecular weight is 359 g/mol. The lowest BCUT2D eigenvalue weighted by molar-refractivity contribution is 1.10. The number of benzene rings is 2. The quantitative estimate of drug-likeness (QED) is 0.665. The van der Waals surface area contributed by atoms with E-state index in [0.29, 0.717) is 10.0 Å². The fourth-order valence-electron chi connectivity index (χ4n) is 1.86. The molecular weight excluding hydrogens is 345 g/mol. The van der Waals surface area contributed by atoms with Gasteiger partial charge in [-0.2, -0.15) is 0 Å². The number of hydrogen-bond donors (Lipinski definition) is 1. The van der Waals surface area contributed by atoms with Crippen LogP contribution in [0.4, 0.5) is 5.69 Å². The minimum Gasteiger partial charge on any atom is -0.380 e. The number of nitrogens with one attached hydrogen (secondary N) is 1. The fourth-order valence-corrected chi connectivity index (χ4v) is 2.70. The molecule has 19 heavy (non-hydrogen) atoms. The van der Waals surface area contributed by atoms with Gasteiger partial charge < -0.3 is 5.32 Å². The molecule has 0 amide bonds. The van der Waals surface area contributed by atoms with E-state index < -0.39 is 0 Å². The molecule has 4 heteroatoms. The van der Waals surface area contributed by atoms with Gasteiger partial charge in [0.15, 0.2) is 0 Å². The van der Waals surface area contributed by atoms with E-state index in [4.69, 9.17) is 23.2 Å². The van der Waals surface area contributed by atoms with E-state index >= 15 is 0 Å². The van der Waals surface area contributed by atoms with Crippen LogP contribution in [-0.2, 0) is 6.54 Å². The van der Waals surface area contributed by atoms with Crippen molar-refractivity contribution in [3.8, 4) is 0 Å². The molecule has 0 saturated carbocycles. The molecule has 0 aliphatic rings. The van der Waals surface area contributed by atoms with E-state index in [1.165, 1.54) is 16.7 Å². The molecule has 0 atom stereocenters. The summed E-state index contributed by atoms with van der Waals surface area (Å²) in [6, 6.07) is 10.1. The van der Waals surface area contributed by atoms with Crippen molar-refractivity contribution in [2.24, 2.45) is 0 Å². The van der Waals surface area contributed by atoms with Crippen LogP contribution in [0.25, 0.3) is 0 Å². The number of hydrogen-bond acceptors (Lipinski definition) is 1. The molecular formula is C15H14BrCl2N. The van der Waals surface area contributed by atoms with Crippen molar-refractivity contribution in [2.45, 2.75) is 20.4 Å². The first-order valence-corrected chi connectivity index (χ1v) is 7.48. The third-order valence-corrected chi connectivity index (χ3v) is 4.99. The molecule has 2 rings (SSSR count). The van der Waals surface area contributed by atoms with Gasteiger partial charge in [0.2, 0.25) is 0 Å². The Balaban J connectivity index is 2.20. The van der Waals surface area contributed by atoms with Crippen LogP contribution in [-0.4, -0.2) is 0 Å². The molecule has 0 fully saturated rings. The van der Waals surface area contributed by atoms with Crippen molar-refractivity contribution in [3.05, 3.63) is 61.5 Å². The van der Waals surface area contributed by atoms with Crippen LogP contribution in [0.5, 0.6) is 0 Å². The van der Waals surface area contributed by atoms with Crippen LogP contribution >= 0.6 is 39.1 Å². The van der Waals surface area contributed by atoms with Crippen LogP contribution in [0.15, 0.2) is 34.8 Å². The highest BCUT2D eigenvalue weighted by atomic mass is 79.9. The highest BCUT2D eigenvalue weighted by Gasteiger charge is 2.08. The Labute approximate surface area is 132 Å². The molecule has 0 aliphatic heterocycles. The molecule has 0 heterocycles. The molecule has 2 aromatic rings. The highest BCUT2D eigenvalue weighted by molar-refractivity contribution is 9.10. The van der Waals surface area contributed by atoms with Crippen molar-refractivity contribution >= 4 is 44.8 Å². The maximum Gasteiger partial charge on any atom is 0.0835 e. The molecule has 1 N–H and O–H groups in total. The maximum atomic E-state index is 6.21. The molecule has 0 unspecified atom stereocenters. The van der Waals surface area contributed by atoms with Crippen LogP contribution < -0.4 is 5.32 Å². The Hall–Kier alpha value is -0.700. The van der Waals surface area contributed by atoms with Crippen LogP contribution in [0.3, 0.4) is 0 Å². The van der Waals surface area contributed by atoms with Gasteiger partial charge >= 0.3 is 0 Å². The number of rotatable bonds is 3. The van der Waals surface area contributed by atoms with Crippen molar-refractivity contribution in [2.75, 3.05) is 5.32 Å². The van der Waals surface area contributed by atoms with Gasteiger partial charge in [-0.1, -0.05) is 41.4 Å². The topological polar surface area (TPSA) is 12.0 Å². The van der Waals surface area contributed by atoms with Gasteiger partial charge in [0.05, 0.1) is 15.7 Å². The molecule has 0 saturated heterocycles. The summed E-state index contributed by atoms with van der Waals surface area (Å²) in [5.41, 5.74) is 4.69. The predicted octanol–water partition coefficient (Wildman–Crippen LogP) is 5.98. The second-order valence-electron chi connectivity index (χ2n) is 4.44. The SMILES string of the molecule is Cc1cccc(CNc2ccc(Br)c(Cl)c2Cl)c1C. The molecule has 0 aliphatic carbocycles. The normalized spacial score (nSPS) is 10.6. The zero-order valence-corrected chi connectivity index (χ0v) is 13.8. The molecule has 2 aromatic carbocycles. The highest BCUT2D eigenvalue weighted by Crippen LogP contribution is 2.36. The van der Waals surface area contributed by atoms with Gasteiger partial charge in [0.25, 0.3) is 0 Å². The van der Waals surface area contributed by atoms with Crippen molar-refractivity contribution in [3.63, 3.8) is 0 Å². The van der Waals surface area contributed by atoms with Crippen LogP contribution in [0, 0.1) is 13.8 Å². The number of anilines is 1. The first kappa shape index (κ1) is 14.7. The lowest BCUT2D eigenvalue weighted by Gasteiger charge is -2.13. The van der Waals surface area contributed by atoms with Crippen LogP contribution in [0.1, 0.15) is 16.7 Å². The van der Waals surface area contributed by atoms with E-state index in [-0.39, 0.29) is 0 Å². The Morgan fingerprint density at radius 1 is 1.05 bits per heavy atom. The zero-order chi connectivity index (χ0) is 14.0. The van der Waals surface area contributed by atoms with E-state index in [2.05, 4.69) is 53.3 Å². The maximum absolute atomic E-state index is 6.21. The smallest absolute Gasteiger partial charge is 0.0835 e. The van der Waals surface area contributed by atoms with Crippen LogP contribution in [0.2, 0.25) is 10.0 Å². The molecule has 0 spiro atoms. The van der Waals surface area contributed by atoms with Crippen molar-refractivity contribution < 1.29 is 0 Å². The lowest BCUT2D eigenvalue weighted by atomic mass is 10.0. The summed E-state index contributed by atoms with van der Waals surface area (Å²) in [5, 5.41) is 4.41. The molecule has 0 radical (unpaired) electrons. The minimum absolute atomic E-state index is 0.535. The average Bonchev–Trinajstić information content (AvgIpc) is 2.40. The Morgan fingerprint density at radius 2 is 1.79 bits per heavy atom. The largest absolute Gasteiger partial charge is 0.380 e. The lowest BCUT2D eigenvalue weighted by Crippen LogP contribution is -2.02. The monoisotopic (exact) mass is 357 g/mol. The van der Waals surface area contributed by atoms with Crippen molar-refractivity contribution in [1.82, 2.24) is 0 Å². The first-order chi connectivity index (χ1) is 9.00. The zero-order valence-electron chi connectivity index (χ0n) is 10.7. The Morgan fingerprint density at radius 3 is 2.53 bits per heavy atom. The third-order valence-electron chi connectivity index (χ3n) is 3.22. The first-order valence-electron chi connectivity index (χ1n) is 5.93. The summed E-state index contributed by atoms with van der Waals surface area (Å²) >= 11 is 15.7. The van der Waals surface area contributed by atoms with E-state index in [1.807, 2.05) is 12.1 Å². The van der Waals surface area contributed by atoms with E-state index in [1.54, 1.807) is 0 Å². The molecule has 1 nitrogen and oxygen atoms in total. The summed E-state index contributed by atoms with van der Waals surface area (Å²) in [7, 11) is 0. The van der Waals surface area contributed by atoms with Crippen molar-refractivity contribution in [1.29, 1.82) is 0 Å². The predicted molar refractivity (Wildman–Crippen MR) is 87.4 cm³/mol. The van der Waals surface area contributed by atoms with Gasteiger partial charge in [0.1, 0.15) is 0 Å². The third kappa shape index (κ3) is 3.25. The van der Waals surface area contributed by atoms with Gasteiger partial charge in [-0.3, -0.25) is 0 Å². The number of aryl methyl sites for hydroxylation is 1. The summed E-state index contributed by atoms with van der Waals surface area (Å²) in [4.78, 5) is 0. The second-order valence-corrected chi connectivity index (χ2v) is 6.05. The summed E-state index contributed by atoms with van der Waals surface area (Å²) < 4.78 is 0.802. The summed E-state index contributed by atoms with van der Waals surface area (Å²) in [5.74, 6) is 0. The second kappa shape index (κ2) is 6.17. The van der Waals surface area contributed by atoms with Gasteiger partial charge in [-0.15, -0.1) is 0 Å². The van der Waals surface area contributed by atoms with Gasteiger partial charge in [-0.25, -0.2) is 0 Å². The summed E-state index contributed by atoms with van der Waals surface area (Å²) in [6.45, 7) is 4.97. The molecule has 100 valence electrons. The van der Waals surface area contributed by atoms with E-state index in [9.17, 15) is 0 Å². The standard InChI is InChI=1S/C15H14BrCl2N/c1-9-4-3-5-11(10(9)2)8-19-13-7-6-12(16)14(17)15(13)18/h3-7,19H,8H2,1-2H3. The van der Waals surface area contributed by atoms with Gasteiger partial charge in [0, 0.05) is 11.0 Å².